The lowest BCUT2D eigenvalue weighted by molar-refractivity contribution is 0.152. The van der Waals surface area contributed by atoms with E-state index in [0.29, 0.717) is 12.6 Å². The molecule has 1 atom stereocenters. The molecule has 1 aromatic heterocycles. The molecule has 1 aliphatic heterocycles. The number of aromatic nitrogens is 1. The lowest BCUT2D eigenvalue weighted by Gasteiger charge is -2.21. The number of anilines is 1. The first kappa shape index (κ1) is 33.8. The number of aryl methyl sites for hydroxylation is 1. The van der Waals surface area contributed by atoms with Crippen molar-refractivity contribution in [1.29, 1.82) is 0 Å². The summed E-state index contributed by atoms with van der Waals surface area (Å²) in [4.78, 5) is 19.8. The Morgan fingerprint density at radius 2 is 1.97 bits per heavy atom. The van der Waals surface area contributed by atoms with E-state index in [4.69, 9.17) is 14.7 Å². The first-order valence-electron chi connectivity index (χ1n) is 13.4. The van der Waals surface area contributed by atoms with Crippen LogP contribution in [0.2, 0.25) is 0 Å². The number of hydrogen-bond acceptors (Lipinski definition) is 7. The van der Waals surface area contributed by atoms with Crippen LogP contribution in [0, 0.1) is 25.2 Å². The van der Waals surface area contributed by atoms with E-state index in [0.717, 1.165) is 67.1 Å². The van der Waals surface area contributed by atoms with Gasteiger partial charge < -0.3 is 14.5 Å². The van der Waals surface area contributed by atoms with Crippen LogP contribution in [0.4, 0.5) is 5.13 Å². The summed E-state index contributed by atoms with van der Waals surface area (Å²) >= 11 is 1.73. The quantitative estimate of drug-likeness (QED) is 0.238. The Balaban J connectivity index is 0.00000227. The third kappa shape index (κ3) is 13.8. The highest BCUT2D eigenvalue weighted by molar-refractivity contribution is 7.17. The Morgan fingerprint density at radius 3 is 2.58 bits per heavy atom. The van der Waals surface area contributed by atoms with Crippen LogP contribution in [0.3, 0.4) is 0 Å². The van der Waals surface area contributed by atoms with Crippen molar-refractivity contribution in [3.63, 3.8) is 0 Å². The van der Waals surface area contributed by atoms with Crippen LogP contribution in [0.5, 0.6) is 0 Å². The molecule has 2 heterocycles. The average molecular weight is 518 g/mol. The second-order valence-corrected chi connectivity index (χ2v) is 9.77. The van der Waals surface area contributed by atoms with Gasteiger partial charge >= 0.3 is 0 Å². The standard InChI is InChI=1S/C24H41N5OS.C3H4.C2H6/c1-7-10-21(8-2)22(15-26-19(3)4)17-28(6)18-25-16-23-20(5)27-24(31-23)29-11-9-13-30-14-12-29;1-3-2;1-2/h16-17,21H,7-15,18H2,1-6H3;1H,2H3;1-2H3/b22-17+,25-16+;;. The Hall–Kier alpha value is -2.17. The Kier molecular flexibility index (Phi) is 19.7. The molecule has 1 aliphatic rings. The fourth-order valence-corrected chi connectivity index (χ4v) is 4.70. The van der Waals surface area contributed by atoms with Crippen molar-refractivity contribution < 1.29 is 4.74 Å². The molecule has 2 rings (SSSR count). The van der Waals surface area contributed by atoms with Gasteiger partial charge in [0.2, 0.25) is 0 Å². The van der Waals surface area contributed by atoms with Crippen molar-refractivity contribution in [1.82, 2.24) is 9.88 Å². The van der Waals surface area contributed by atoms with Gasteiger partial charge in [-0.3, -0.25) is 9.98 Å². The third-order valence-electron chi connectivity index (χ3n) is 5.45. The van der Waals surface area contributed by atoms with Gasteiger partial charge in [-0.05, 0) is 58.4 Å². The molecule has 204 valence electrons. The number of terminal acetylenes is 1. The monoisotopic (exact) mass is 517 g/mol. The maximum absolute atomic E-state index is 5.57. The summed E-state index contributed by atoms with van der Waals surface area (Å²) in [5.74, 6) is 2.84. The number of rotatable bonds is 11. The lowest BCUT2D eigenvalue weighted by atomic mass is 9.92. The van der Waals surface area contributed by atoms with Gasteiger partial charge in [0, 0.05) is 44.9 Å². The van der Waals surface area contributed by atoms with E-state index in [1.807, 2.05) is 20.1 Å². The summed E-state index contributed by atoms with van der Waals surface area (Å²) in [7, 11) is 2.10. The molecule has 0 bridgehead atoms. The summed E-state index contributed by atoms with van der Waals surface area (Å²) < 4.78 is 5.57. The fraction of sp³-hybridized carbons (Fsp3) is 0.690. The highest BCUT2D eigenvalue weighted by Crippen LogP contribution is 2.26. The molecule has 0 aliphatic carbocycles. The van der Waals surface area contributed by atoms with E-state index in [9.17, 15) is 0 Å². The molecule has 0 amide bonds. The summed E-state index contributed by atoms with van der Waals surface area (Å²) in [5, 5.41) is 1.08. The molecule has 36 heavy (non-hydrogen) atoms. The molecule has 0 saturated carbocycles. The lowest BCUT2D eigenvalue weighted by Crippen LogP contribution is -2.25. The topological polar surface area (TPSA) is 53.3 Å². The van der Waals surface area contributed by atoms with Crippen LogP contribution in [0.25, 0.3) is 0 Å². The van der Waals surface area contributed by atoms with Crippen LogP contribution in [-0.4, -0.2) is 68.4 Å². The van der Waals surface area contributed by atoms with Gasteiger partial charge in [0.15, 0.2) is 5.13 Å². The number of aliphatic imine (C=N–C) groups is 2. The molecular weight excluding hydrogens is 466 g/mol. The molecule has 0 radical (unpaired) electrons. The third-order valence-corrected chi connectivity index (χ3v) is 6.60. The Labute approximate surface area is 226 Å². The molecule has 7 heteroatoms. The van der Waals surface area contributed by atoms with Gasteiger partial charge in [-0.2, -0.15) is 0 Å². The van der Waals surface area contributed by atoms with Gasteiger partial charge in [-0.1, -0.05) is 45.5 Å². The van der Waals surface area contributed by atoms with Gasteiger partial charge in [0.1, 0.15) is 6.67 Å². The summed E-state index contributed by atoms with van der Waals surface area (Å²) in [5.41, 5.74) is 3.59. The predicted molar refractivity (Wildman–Crippen MR) is 161 cm³/mol. The molecule has 1 unspecified atom stereocenters. The molecule has 0 spiro atoms. The minimum Gasteiger partial charge on any atom is -0.380 e. The van der Waals surface area contributed by atoms with Gasteiger partial charge in [0.25, 0.3) is 0 Å². The molecule has 0 N–H and O–H groups in total. The summed E-state index contributed by atoms with van der Waals surface area (Å²) in [6.07, 6.45) is 13.5. The highest BCUT2D eigenvalue weighted by Gasteiger charge is 2.15. The van der Waals surface area contributed by atoms with E-state index in [1.54, 1.807) is 18.3 Å². The van der Waals surface area contributed by atoms with E-state index in [1.165, 1.54) is 18.4 Å². The average Bonchev–Trinajstić information content (AvgIpc) is 3.04. The van der Waals surface area contributed by atoms with Crippen molar-refractivity contribution in [3.8, 4) is 12.3 Å². The Morgan fingerprint density at radius 1 is 1.28 bits per heavy atom. The van der Waals surface area contributed by atoms with E-state index in [-0.39, 0.29) is 0 Å². The smallest absolute Gasteiger partial charge is 0.186 e. The van der Waals surface area contributed by atoms with Crippen molar-refractivity contribution in [2.75, 3.05) is 51.5 Å². The fourth-order valence-electron chi connectivity index (χ4n) is 3.69. The summed E-state index contributed by atoms with van der Waals surface area (Å²) in [6, 6.07) is 0. The molecule has 1 aromatic rings. The number of hydrogen-bond donors (Lipinski definition) is 0. The van der Waals surface area contributed by atoms with E-state index in [2.05, 4.69) is 75.0 Å². The van der Waals surface area contributed by atoms with Gasteiger partial charge in [-0.25, -0.2) is 4.98 Å². The van der Waals surface area contributed by atoms with Crippen LogP contribution < -0.4 is 4.90 Å². The van der Waals surface area contributed by atoms with Crippen LogP contribution in [-0.2, 0) is 4.74 Å². The zero-order chi connectivity index (χ0) is 27.3. The van der Waals surface area contributed by atoms with Crippen molar-refractivity contribution in [2.45, 2.75) is 81.1 Å². The van der Waals surface area contributed by atoms with Crippen molar-refractivity contribution in [2.24, 2.45) is 15.9 Å². The minimum atomic E-state index is 0.587. The first-order valence-corrected chi connectivity index (χ1v) is 14.2. The minimum absolute atomic E-state index is 0.587. The largest absolute Gasteiger partial charge is 0.380 e. The van der Waals surface area contributed by atoms with E-state index >= 15 is 0 Å². The van der Waals surface area contributed by atoms with Crippen LogP contribution in [0.1, 0.15) is 84.7 Å². The first-order chi connectivity index (χ1) is 17.4. The predicted octanol–water partition coefficient (Wildman–Crippen LogP) is 6.84. The summed E-state index contributed by atoms with van der Waals surface area (Å²) in [6.45, 7) is 21.3. The Bertz CT molecular complexity index is 825. The number of thiazole rings is 1. The van der Waals surface area contributed by atoms with Crippen LogP contribution >= 0.6 is 11.3 Å². The van der Waals surface area contributed by atoms with Crippen molar-refractivity contribution >= 4 is 28.4 Å². The SMILES string of the molecule is C#CC.CC.CCCC(CC)/C(=C/N(C)C/N=C/c1sc(N2CCCOCC2)nc1C)CN=C(C)C. The second-order valence-electron chi connectivity index (χ2n) is 8.76. The highest BCUT2D eigenvalue weighted by atomic mass is 32.1. The maximum atomic E-state index is 5.57. The maximum Gasteiger partial charge on any atom is 0.186 e. The van der Waals surface area contributed by atoms with Gasteiger partial charge in [0.05, 0.1) is 23.7 Å². The number of ether oxygens (including phenoxy) is 1. The second kappa shape index (κ2) is 21.0. The molecule has 0 aromatic carbocycles. The number of nitrogens with zero attached hydrogens (tertiary/aromatic N) is 5. The normalized spacial score (nSPS) is 14.6. The zero-order valence-electron chi connectivity index (χ0n) is 24.4. The van der Waals surface area contributed by atoms with Gasteiger partial charge in [-0.15, -0.1) is 12.3 Å². The zero-order valence-corrected chi connectivity index (χ0v) is 25.2. The molecular formula is C29H51N5OS. The van der Waals surface area contributed by atoms with Crippen molar-refractivity contribution in [3.05, 3.63) is 22.3 Å². The molecule has 1 fully saturated rings. The van der Waals surface area contributed by atoms with E-state index < -0.39 is 0 Å². The molecule has 1 saturated heterocycles. The molecule has 6 nitrogen and oxygen atoms in total. The van der Waals surface area contributed by atoms with Crippen LogP contribution in [0.15, 0.2) is 21.8 Å².